The Balaban J connectivity index is -0.000000720. The third kappa shape index (κ3) is 7.90. The topological polar surface area (TPSA) is 135 Å². The van der Waals surface area contributed by atoms with Gasteiger partial charge in [-0.3, -0.25) is 0 Å². The van der Waals surface area contributed by atoms with E-state index in [0.717, 1.165) is 0 Å². The van der Waals surface area contributed by atoms with Gasteiger partial charge in [-0.05, 0) is 0 Å². The number of hydrogen-bond donors (Lipinski definition) is 1. The van der Waals surface area contributed by atoms with E-state index >= 15 is 0 Å². The first-order valence-corrected chi connectivity index (χ1v) is 6.21. The zero-order valence-electron chi connectivity index (χ0n) is 8.01. The zero-order chi connectivity index (χ0) is 10.9. The summed E-state index contributed by atoms with van der Waals surface area (Å²) in [5.41, 5.74) is 0. The number of rotatable bonds is 4. The van der Waals surface area contributed by atoms with Crippen molar-refractivity contribution in [2.75, 3.05) is 11.6 Å². The first-order chi connectivity index (χ1) is 5.52. The normalized spacial score (nSPS) is 15.7. The summed E-state index contributed by atoms with van der Waals surface area (Å²) in [7, 11) is -10.4. The van der Waals surface area contributed by atoms with Gasteiger partial charge >= 0.3 is 59.1 Å². The van der Waals surface area contributed by atoms with Crippen LogP contribution in [0.2, 0.25) is 0 Å². The van der Waals surface area contributed by atoms with Crippen molar-refractivity contribution in [3.63, 3.8) is 0 Å². The van der Waals surface area contributed by atoms with Gasteiger partial charge in [-0.15, -0.1) is 11.6 Å². The van der Waals surface area contributed by atoms with Crippen LogP contribution >= 0.6 is 11.6 Å². The second-order valence-corrected chi connectivity index (χ2v) is 5.58. The van der Waals surface area contributed by atoms with Gasteiger partial charge in [0.05, 0.1) is 21.8 Å². The number of aliphatic hydroxyl groups is 1. The summed E-state index contributed by atoms with van der Waals surface area (Å²) >= 11 is 4.87. The Morgan fingerprint density at radius 3 is 1.53 bits per heavy atom. The van der Waals surface area contributed by atoms with Gasteiger partial charge in [-0.1, -0.05) is 0 Å². The number of hydrogen-bond acceptors (Lipinski definition) is 7. The average molecular weight is 299 g/mol. The van der Waals surface area contributed by atoms with Crippen molar-refractivity contribution in [1.82, 2.24) is 0 Å². The quantitative estimate of drug-likeness (QED) is 0.309. The Morgan fingerprint density at radius 2 is 1.47 bits per heavy atom. The zero-order valence-corrected chi connectivity index (χ0v) is 14.4. The maximum Gasteiger partial charge on any atom is 1.00 e. The van der Waals surface area contributed by atoms with Crippen LogP contribution in [0.1, 0.15) is 0 Å². The maximum atomic E-state index is 10.3. The molecule has 0 aromatic heterocycles. The van der Waals surface area contributed by atoms with E-state index in [-0.39, 0.29) is 59.1 Å². The van der Waals surface area contributed by atoms with Crippen LogP contribution in [0.3, 0.4) is 0 Å². The van der Waals surface area contributed by atoms with Crippen molar-refractivity contribution in [2.45, 2.75) is 4.93 Å². The summed E-state index contributed by atoms with van der Waals surface area (Å²) in [6.07, 6.45) is 0. The molecule has 0 aliphatic heterocycles. The van der Waals surface area contributed by atoms with Gasteiger partial charge in [-0.2, -0.15) is 0 Å². The van der Waals surface area contributed by atoms with E-state index in [9.17, 15) is 25.9 Å². The molecule has 1 N–H and O–H groups in total. The van der Waals surface area contributed by atoms with Gasteiger partial charge in [0, 0.05) is 0 Å². The molecule has 0 heterocycles. The molecule has 0 saturated heterocycles. The molecular weight excluding hydrogens is 294 g/mol. The summed E-state index contributed by atoms with van der Waals surface area (Å²) in [6, 6.07) is 0. The van der Waals surface area contributed by atoms with Crippen molar-refractivity contribution < 1.29 is 90.2 Å². The molecule has 0 aliphatic carbocycles. The van der Waals surface area contributed by atoms with Gasteiger partial charge in [0.1, 0.15) is 10.1 Å². The Morgan fingerprint density at radius 1 is 1.13 bits per heavy atom. The van der Waals surface area contributed by atoms with Crippen molar-refractivity contribution in [1.29, 1.82) is 0 Å². The molecule has 0 aliphatic rings. The first-order valence-electron chi connectivity index (χ1n) is 2.69. The van der Waals surface area contributed by atoms with Crippen LogP contribution in [-0.2, 0) is 20.2 Å². The first kappa shape index (κ1) is 22.3. The van der Waals surface area contributed by atoms with Gasteiger partial charge in [-0.25, -0.2) is 16.8 Å². The van der Waals surface area contributed by atoms with E-state index in [1.807, 2.05) is 0 Å². The maximum absolute atomic E-state index is 10.3. The third-order valence-corrected chi connectivity index (χ3v) is 3.91. The SMILES string of the molecule is O=S(=O)([O-])CC(O)(CCl)S(=O)(=O)[O-].[Na+].[Na+]. The Kier molecular flexibility index (Phi) is 11.1. The molecule has 0 saturated carbocycles. The fourth-order valence-corrected chi connectivity index (χ4v) is 2.86. The molecule has 0 fully saturated rings. The molecule has 0 amide bonds. The van der Waals surface area contributed by atoms with Crippen molar-refractivity contribution in [3.05, 3.63) is 0 Å². The minimum absolute atomic E-state index is 0. The van der Waals surface area contributed by atoms with E-state index in [2.05, 4.69) is 0 Å². The van der Waals surface area contributed by atoms with Crippen molar-refractivity contribution in [3.8, 4) is 0 Å². The predicted molar refractivity (Wildman–Crippen MR) is 39.9 cm³/mol. The smallest absolute Gasteiger partial charge is 0.748 e. The van der Waals surface area contributed by atoms with E-state index in [4.69, 9.17) is 16.7 Å². The van der Waals surface area contributed by atoms with Crippen LogP contribution in [0, 0.1) is 0 Å². The van der Waals surface area contributed by atoms with Gasteiger partial charge in [0.25, 0.3) is 0 Å². The minimum Gasteiger partial charge on any atom is -0.748 e. The summed E-state index contributed by atoms with van der Waals surface area (Å²) in [4.78, 5) is -3.25. The van der Waals surface area contributed by atoms with Crippen LogP contribution in [0.15, 0.2) is 0 Å². The van der Waals surface area contributed by atoms with Crippen LogP contribution in [0.5, 0.6) is 0 Å². The predicted octanol–water partition coefficient (Wildman–Crippen LogP) is -7.99. The molecule has 15 heavy (non-hydrogen) atoms. The molecule has 0 spiro atoms. The second-order valence-electron chi connectivity index (χ2n) is 2.24. The van der Waals surface area contributed by atoms with E-state index < -0.39 is 36.8 Å². The molecule has 7 nitrogen and oxygen atoms in total. The standard InChI is InChI=1S/C3H7ClO7S2.2Na/c4-1-3(5,13(9,10)11)2-12(6,7)8;;/h5H,1-2H2,(H,6,7,8)(H,9,10,11);;/q;2*+1/p-2. The third-order valence-electron chi connectivity index (χ3n) is 1.08. The number of halogens is 1. The molecule has 12 heteroatoms. The van der Waals surface area contributed by atoms with Crippen LogP contribution in [0.25, 0.3) is 0 Å². The Hall–Kier alpha value is 2.07. The summed E-state index contributed by atoms with van der Waals surface area (Å²) in [5.74, 6) is -2.93. The molecule has 1 atom stereocenters. The molecule has 0 bridgehead atoms. The fourth-order valence-electron chi connectivity index (χ4n) is 0.454. The molecule has 0 aromatic rings. The molecular formula is C3H5ClNa2O7S2. The van der Waals surface area contributed by atoms with Gasteiger partial charge in [0.15, 0.2) is 4.93 Å². The average Bonchev–Trinajstić information content (AvgIpc) is 1.81. The summed E-state index contributed by atoms with van der Waals surface area (Å²) < 4.78 is 61.0. The second kappa shape index (κ2) is 7.49. The van der Waals surface area contributed by atoms with Crippen LogP contribution < -0.4 is 59.1 Å². The van der Waals surface area contributed by atoms with Gasteiger partial charge in [0.2, 0.25) is 0 Å². The van der Waals surface area contributed by atoms with Crippen LogP contribution in [0.4, 0.5) is 0 Å². The Labute approximate surface area is 137 Å². The molecule has 80 valence electrons. The van der Waals surface area contributed by atoms with Gasteiger partial charge < -0.3 is 14.2 Å². The van der Waals surface area contributed by atoms with Crippen LogP contribution in [-0.4, -0.2) is 47.6 Å². The molecule has 0 radical (unpaired) electrons. The Bertz CT molecular complexity index is 377. The molecule has 0 aromatic carbocycles. The summed E-state index contributed by atoms with van der Waals surface area (Å²) in [6.45, 7) is 0. The number of alkyl halides is 1. The fraction of sp³-hybridized carbons (Fsp3) is 1.00. The van der Waals surface area contributed by atoms with Crippen molar-refractivity contribution in [2.24, 2.45) is 0 Å². The van der Waals surface area contributed by atoms with E-state index in [0.29, 0.717) is 0 Å². The van der Waals surface area contributed by atoms with Crippen molar-refractivity contribution >= 4 is 31.8 Å². The minimum atomic E-state index is -5.35. The molecule has 0 rings (SSSR count). The monoisotopic (exact) mass is 298 g/mol. The van der Waals surface area contributed by atoms with E-state index in [1.54, 1.807) is 0 Å². The molecule has 1 unspecified atom stereocenters. The summed E-state index contributed by atoms with van der Waals surface area (Å²) in [5, 5.41) is 8.88. The largest absolute Gasteiger partial charge is 1.00 e. The van der Waals surface area contributed by atoms with E-state index in [1.165, 1.54) is 0 Å².